The Kier molecular flexibility index (Phi) is 5.43. The van der Waals surface area contributed by atoms with Gasteiger partial charge in [-0.2, -0.15) is 0 Å². The van der Waals surface area contributed by atoms with E-state index in [0.717, 1.165) is 24.0 Å². The van der Waals surface area contributed by atoms with Gasteiger partial charge in [0, 0.05) is 0 Å². The van der Waals surface area contributed by atoms with Crippen molar-refractivity contribution in [1.82, 2.24) is 0 Å². The molecule has 0 radical (unpaired) electrons. The van der Waals surface area contributed by atoms with Gasteiger partial charge in [0.25, 0.3) is 0 Å². The van der Waals surface area contributed by atoms with Crippen molar-refractivity contribution in [2.24, 2.45) is 11.1 Å². The summed E-state index contributed by atoms with van der Waals surface area (Å²) < 4.78 is 22.7. The Labute approximate surface area is 130 Å². The largest absolute Gasteiger partial charge is 0.392 e. The zero-order valence-corrected chi connectivity index (χ0v) is 13.3. The van der Waals surface area contributed by atoms with Crippen LogP contribution in [0.1, 0.15) is 37.7 Å². The monoisotopic (exact) mass is 329 g/mol. The molecule has 3 N–H and O–H groups in total. The molecule has 4 nitrogen and oxygen atoms in total. The third kappa shape index (κ3) is 4.30. The van der Waals surface area contributed by atoms with Crippen LogP contribution < -0.4 is 5.14 Å². The smallest absolute Gasteiger partial charge is 0.239 e. The molecule has 0 bridgehead atoms. The van der Waals surface area contributed by atoms with Crippen LogP contribution in [0.25, 0.3) is 5.57 Å². The van der Waals surface area contributed by atoms with E-state index in [1.807, 2.05) is 0 Å². The lowest BCUT2D eigenvalue weighted by atomic mass is 9.87. The van der Waals surface area contributed by atoms with E-state index >= 15 is 0 Å². The molecule has 116 valence electrons. The first-order valence-corrected chi connectivity index (χ1v) is 8.98. The Hall–Kier alpha value is -0.880. The third-order valence-electron chi connectivity index (χ3n) is 3.87. The number of hydrogen-bond acceptors (Lipinski definition) is 3. The molecule has 1 fully saturated rings. The summed E-state index contributed by atoms with van der Waals surface area (Å²) in [6.45, 7) is -0.0957. The van der Waals surface area contributed by atoms with Crippen molar-refractivity contribution in [3.8, 4) is 0 Å². The minimum atomic E-state index is -3.82. The van der Waals surface area contributed by atoms with Gasteiger partial charge in [-0.05, 0) is 42.0 Å². The predicted octanol–water partition coefficient (Wildman–Crippen LogP) is 2.94. The summed E-state index contributed by atoms with van der Waals surface area (Å²) in [5.41, 5.74) is 1.52. The van der Waals surface area contributed by atoms with Crippen molar-refractivity contribution >= 4 is 27.2 Å². The maximum absolute atomic E-state index is 11.4. The average molecular weight is 330 g/mol. The van der Waals surface area contributed by atoms with Crippen LogP contribution in [0.15, 0.2) is 29.2 Å². The summed E-state index contributed by atoms with van der Waals surface area (Å²) in [5.74, 6) is 0.470. The van der Waals surface area contributed by atoms with E-state index in [1.165, 1.54) is 25.3 Å². The Morgan fingerprint density at radius 1 is 1.33 bits per heavy atom. The highest BCUT2D eigenvalue weighted by Gasteiger charge is 2.16. The van der Waals surface area contributed by atoms with Crippen LogP contribution in [0.5, 0.6) is 0 Å². The second-order valence-corrected chi connectivity index (χ2v) is 7.38. The fraction of sp³-hybridized carbons (Fsp3) is 0.467. The Bertz CT molecular complexity index is 634. The highest BCUT2D eigenvalue weighted by atomic mass is 35.5. The molecule has 0 atom stereocenters. The molecule has 0 saturated heterocycles. The number of allylic oxidation sites excluding steroid dienone is 1. The second-order valence-electron chi connectivity index (χ2n) is 5.44. The maximum atomic E-state index is 11.4. The second kappa shape index (κ2) is 6.92. The highest BCUT2D eigenvalue weighted by Crippen LogP contribution is 2.30. The zero-order valence-electron chi connectivity index (χ0n) is 11.8. The van der Waals surface area contributed by atoms with E-state index in [1.54, 1.807) is 12.1 Å². The molecule has 21 heavy (non-hydrogen) atoms. The lowest BCUT2D eigenvalue weighted by Crippen LogP contribution is -2.13. The van der Waals surface area contributed by atoms with Gasteiger partial charge in [-0.15, -0.1) is 0 Å². The first kappa shape index (κ1) is 16.5. The van der Waals surface area contributed by atoms with Crippen LogP contribution in [0.3, 0.4) is 0 Å². The average Bonchev–Trinajstić information content (AvgIpc) is 2.44. The van der Waals surface area contributed by atoms with Gasteiger partial charge >= 0.3 is 0 Å². The number of hydrogen-bond donors (Lipinski definition) is 2. The van der Waals surface area contributed by atoms with Gasteiger partial charge in [0.1, 0.15) is 4.90 Å². The summed E-state index contributed by atoms with van der Waals surface area (Å²) in [6, 6.07) is 4.57. The topological polar surface area (TPSA) is 80.4 Å². The number of halogens is 1. The summed E-state index contributed by atoms with van der Waals surface area (Å²) >= 11 is 5.99. The van der Waals surface area contributed by atoms with Crippen LogP contribution in [0.4, 0.5) is 0 Å². The fourth-order valence-electron chi connectivity index (χ4n) is 2.76. The lowest BCUT2D eigenvalue weighted by molar-refractivity contribution is 0.347. The number of sulfonamides is 1. The zero-order chi connectivity index (χ0) is 15.5. The molecule has 0 aromatic heterocycles. The van der Waals surface area contributed by atoms with Crippen molar-refractivity contribution in [3.63, 3.8) is 0 Å². The first-order valence-electron chi connectivity index (χ1n) is 7.06. The molecule has 0 spiro atoms. The van der Waals surface area contributed by atoms with Crippen LogP contribution in [0.2, 0.25) is 5.02 Å². The molecular formula is C15H20ClNO3S. The van der Waals surface area contributed by atoms with Gasteiger partial charge in [-0.25, -0.2) is 13.6 Å². The Balaban J connectivity index is 2.30. The van der Waals surface area contributed by atoms with Gasteiger partial charge in [0.05, 0.1) is 11.6 Å². The minimum absolute atomic E-state index is 0.0815. The molecule has 0 heterocycles. The number of aliphatic hydroxyl groups is 1. The molecular weight excluding hydrogens is 310 g/mol. The molecule has 6 heteroatoms. The first-order chi connectivity index (χ1) is 9.91. The molecule has 0 unspecified atom stereocenters. The maximum Gasteiger partial charge on any atom is 0.239 e. The van der Waals surface area contributed by atoms with Crippen LogP contribution in [-0.4, -0.2) is 20.1 Å². The Morgan fingerprint density at radius 3 is 2.52 bits per heavy atom. The number of nitrogens with two attached hydrogens (primary N) is 1. The van der Waals surface area contributed by atoms with E-state index < -0.39 is 10.0 Å². The van der Waals surface area contributed by atoms with Crippen molar-refractivity contribution in [3.05, 3.63) is 34.9 Å². The van der Waals surface area contributed by atoms with Gasteiger partial charge in [-0.1, -0.05) is 43.0 Å². The highest BCUT2D eigenvalue weighted by molar-refractivity contribution is 7.89. The van der Waals surface area contributed by atoms with E-state index in [4.69, 9.17) is 16.7 Å². The Morgan fingerprint density at radius 2 is 2.00 bits per heavy atom. The summed E-state index contributed by atoms with van der Waals surface area (Å²) in [7, 11) is -3.82. The van der Waals surface area contributed by atoms with E-state index in [2.05, 4.69) is 6.08 Å². The number of rotatable bonds is 4. The van der Waals surface area contributed by atoms with Gasteiger partial charge < -0.3 is 5.11 Å². The van der Waals surface area contributed by atoms with Gasteiger partial charge in [0.2, 0.25) is 10.0 Å². The van der Waals surface area contributed by atoms with Crippen molar-refractivity contribution in [2.75, 3.05) is 6.61 Å². The number of aliphatic hydroxyl groups excluding tert-OH is 1. The number of benzene rings is 1. The fourth-order valence-corrected chi connectivity index (χ4v) is 3.85. The molecule has 1 aliphatic rings. The molecule has 2 rings (SSSR count). The molecule has 1 saturated carbocycles. The van der Waals surface area contributed by atoms with Crippen molar-refractivity contribution in [2.45, 2.75) is 37.0 Å². The van der Waals surface area contributed by atoms with E-state index in [-0.39, 0.29) is 16.5 Å². The molecule has 1 aromatic rings. The van der Waals surface area contributed by atoms with Gasteiger partial charge in [0.15, 0.2) is 0 Å². The predicted molar refractivity (Wildman–Crippen MR) is 84.5 cm³/mol. The number of primary sulfonamides is 1. The molecule has 1 aliphatic carbocycles. The third-order valence-corrected chi connectivity index (χ3v) is 5.26. The lowest BCUT2D eigenvalue weighted by Gasteiger charge is -2.19. The SMILES string of the molecule is NS(=O)(=O)c1ccc(/C(=C\C2CCCCC2)CO)cc1Cl. The minimum Gasteiger partial charge on any atom is -0.392 e. The van der Waals surface area contributed by atoms with Crippen LogP contribution in [0, 0.1) is 5.92 Å². The molecule has 0 amide bonds. The standard InChI is InChI=1S/C15H20ClNO3S/c16-14-9-12(6-7-15(14)21(17,19)20)13(10-18)8-11-4-2-1-3-5-11/h6-9,11,18H,1-5,10H2,(H2,17,19,20)/b13-8-. The van der Waals surface area contributed by atoms with Crippen LogP contribution >= 0.6 is 11.6 Å². The normalized spacial score (nSPS) is 18.0. The van der Waals surface area contributed by atoms with Crippen LogP contribution in [-0.2, 0) is 10.0 Å². The quantitative estimate of drug-likeness (QED) is 0.891. The van der Waals surface area contributed by atoms with Crippen molar-refractivity contribution in [1.29, 1.82) is 0 Å². The summed E-state index contributed by atoms with van der Waals surface area (Å²) in [4.78, 5) is -0.0946. The van der Waals surface area contributed by atoms with E-state index in [9.17, 15) is 13.5 Å². The molecule has 0 aliphatic heterocycles. The summed E-state index contributed by atoms with van der Waals surface area (Å²) in [5, 5.41) is 14.7. The van der Waals surface area contributed by atoms with E-state index in [0.29, 0.717) is 5.92 Å². The van der Waals surface area contributed by atoms with Gasteiger partial charge in [-0.3, -0.25) is 0 Å². The summed E-state index contributed by atoms with van der Waals surface area (Å²) in [6.07, 6.45) is 8.05. The molecule has 1 aromatic carbocycles. The van der Waals surface area contributed by atoms with Crippen molar-refractivity contribution < 1.29 is 13.5 Å².